The zero-order valence-electron chi connectivity index (χ0n) is 23.5. The fourth-order valence-corrected chi connectivity index (χ4v) is 5.84. The Morgan fingerprint density at radius 2 is 1.72 bits per heavy atom. The third kappa shape index (κ3) is 5.53. The van der Waals surface area contributed by atoms with Crippen LogP contribution < -0.4 is 10.2 Å². The van der Waals surface area contributed by atoms with Gasteiger partial charge in [-0.2, -0.15) is 9.97 Å². The molecule has 6 atom stereocenters. The number of hydrogen-bond acceptors (Lipinski definition) is 12. The minimum atomic E-state index is -1.36. The molecule has 2 saturated heterocycles. The fourth-order valence-electron chi connectivity index (χ4n) is 5.84. The third-order valence-electron chi connectivity index (χ3n) is 8.09. The molecule has 2 aliphatic rings. The standard InChI is InChI=1S/C30H34N6O7/c1-42-29(41)21-12-19(38)14-35(21)30-33-26(31-13-20(17-8-4-2-5-9-17)18-10-6-3-7-11-18)23-27(34-30)36(16-32-23)28-25(40)24(39)22(15-37)43-28/h2-11,16,19-22,24-25,28,37-40H,12-15H2,1H3,(H,31,33,34)/t19-,21+,22+,24+,25+,28+/m0/s1. The van der Waals surface area contributed by atoms with E-state index in [9.17, 15) is 25.2 Å². The fraction of sp³-hybridized carbons (Fsp3) is 0.400. The molecule has 2 aromatic carbocycles. The van der Waals surface area contributed by atoms with Crippen LogP contribution in [0, 0.1) is 0 Å². The van der Waals surface area contributed by atoms with Crippen LogP contribution >= 0.6 is 0 Å². The lowest BCUT2D eigenvalue weighted by atomic mass is 9.91. The zero-order valence-corrected chi connectivity index (χ0v) is 23.5. The normalized spacial score (nSPS) is 25.5. The summed E-state index contributed by atoms with van der Waals surface area (Å²) in [6.45, 7) is 0.0495. The highest BCUT2D eigenvalue weighted by molar-refractivity contribution is 5.86. The number of carbonyl (C=O) groups is 1. The molecule has 4 aromatic rings. The Bertz CT molecular complexity index is 1520. The Morgan fingerprint density at radius 1 is 1.05 bits per heavy atom. The molecule has 6 rings (SSSR count). The molecule has 0 saturated carbocycles. The number of benzene rings is 2. The number of anilines is 2. The van der Waals surface area contributed by atoms with Gasteiger partial charge in [0.15, 0.2) is 23.2 Å². The minimum Gasteiger partial charge on any atom is -0.467 e. The van der Waals surface area contributed by atoms with Crippen molar-refractivity contribution in [2.75, 3.05) is 37.0 Å². The van der Waals surface area contributed by atoms with Crippen LogP contribution in [0.25, 0.3) is 11.2 Å². The number of nitrogens with zero attached hydrogens (tertiary/aromatic N) is 5. The number of imidazole rings is 1. The van der Waals surface area contributed by atoms with Gasteiger partial charge in [0.25, 0.3) is 0 Å². The van der Waals surface area contributed by atoms with Crippen LogP contribution in [0.1, 0.15) is 29.7 Å². The quantitative estimate of drug-likeness (QED) is 0.174. The van der Waals surface area contributed by atoms with Crippen molar-refractivity contribution in [3.8, 4) is 0 Å². The van der Waals surface area contributed by atoms with Crippen LogP contribution in [0.3, 0.4) is 0 Å². The van der Waals surface area contributed by atoms with E-state index in [1.54, 1.807) is 4.90 Å². The monoisotopic (exact) mass is 590 g/mol. The van der Waals surface area contributed by atoms with E-state index in [4.69, 9.17) is 19.4 Å². The van der Waals surface area contributed by atoms with Crippen molar-refractivity contribution in [3.05, 3.63) is 78.1 Å². The second kappa shape index (κ2) is 12.2. The molecule has 2 aromatic heterocycles. The number of hydrogen-bond donors (Lipinski definition) is 5. The second-order valence-corrected chi connectivity index (χ2v) is 10.8. The first-order chi connectivity index (χ1) is 20.9. The van der Waals surface area contributed by atoms with E-state index in [0.717, 1.165) is 11.1 Å². The Labute approximate surface area is 247 Å². The predicted molar refractivity (Wildman–Crippen MR) is 155 cm³/mol. The van der Waals surface area contributed by atoms with Crippen LogP contribution in [-0.4, -0.2) is 103 Å². The topological polar surface area (TPSA) is 175 Å². The van der Waals surface area contributed by atoms with Gasteiger partial charge in [0.1, 0.15) is 24.4 Å². The molecule has 0 bridgehead atoms. The summed E-state index contributed by atoms with van der Waals surface area (Å²) in [5.41, 5.74) is 2.83. The number of esters is 1. The molecular formula is C30H34N6O7. The van der Waals surface area contributed by atoms with E-state index < -0.39 is 49.3 Å². The molecule has 2 fully saturated rings. The number of carbonyl (C=O) groups excluding carboxylic acids is 1. The molecule has 2 aliphatic heterocycles. The maximum Gasteiger partial charge on any atom is 0.328 e. The molecule has 226 valence electrons. The van der Waals surface area contributed by atoms with Gasteiger partial charge in [-0.1, -0.05) is 60.7 Å². The smallest absolute Gasteiger partial charge is 0.328 e. The number of methoxy groups -OCH3 is 1. The summed E-state index contributed by atoms with van der Waals surface area (Å²) >= 11 is 0. The molecule has 0 spiro atoms. The SMILES string of the molecule is COC(=O)[C@H]1C[C@H](O)CN1c1nc(NCC(c2ccccc2)c2ccccc2)c2ncn([C@@H]3O[C@H](CO)[C@@H](O)[C@H]3O)c2n1. The van der Waals surface area contributed by atoms with Crippen LogP contribution in [0.5, 0.6) is 0 Å². The second-order valence-electron chi connectivity index (χ2n) is 10.8. The van der Waals surface area contributed by atoms with Gasteiger partial charge in [0.05, 0.1) is 26.1 Å². The van der Waals surface area contributed by atoms with Gasteiger partial charge >= 0.3 is 5.97 Å². The number of aromatic nitrogens is 4. The van der Waals surface area contributed by atoms with E-state index in [1.165, 1.54) is 18.0 Å². The number of ether oxygens (including phenoxy) is 2. The van der Waals surface area contributed by atoms with Crippen molar-refractivity contribution in [1.29, 1.82) is 0 Å². The van der Waals surface area contributed by atoms with Crippen LogP contribution in [0.15, 0.2) is 67.0 Å². The van der Waals surface area contributed by atoms with Crippen molar-refractivity contribution >= 4 is 28.9 Å². The Hall–Kier alpha value is -4.14. The minimum absolute atomic E-state index is 0.0465. The molecule has 0 amide bonds. The van der Waals surface area contributed by atoms with Gasteiger partial charge in [-0.3, -0.25) is 4.57 Å². The summed E-state index contributed by atoms with van der Waals surface area (Å²) in [4.78, 5) is 28.2. The average molecular weight is 591 g/mol. The summed E-state index contributed by atoms with van der Waals surface area (Å²) in [6.07, 6.45) is -3.99. The highest BCUT2D eigenvalue weighted by Gasteiger charge is 2.44. The van der Waals surface area contributed by atoms with E-state index in [-0.39, 0.29) is 30.5 Å². The Morgan fingerprint density at radius 3 is 2.33 bits per heavy atom. The van der Waals surface area contributed by atoms with E-state index >= 15 is 0 Å². The van der Waals surface area contributed by atoms with Crippen molar-refractivity contribution in [2.45, 2.75) is 49.0 Å². The molecule has 13 heteroatoms. The van der Waals surface area contributed by atoms with Gasteiger partial charge in [-0.05, 0) is 11.1 Å². The Kier molecular flexibility index (Phi) is 8.23. The summed E-state index contributed by atoms with van der Waals surface area (Å²) in [5.74, 6) is -0.0615. The largest absolute Gasteiger partial charge is 0.467 e. The maximum atomic E-state index is 12.6. The number of β-amino-alcohol motifs (C(OH)–C–C–N with tert-alkyl or cyclic N) is 1. The first-order valence-electron chi connectivity index (χ1n) is 14.1. The van der Waals surface area contributed by atoms with Crippen LogP contribution in [0.4, 0.5) is 11.8 Å². The molecular weight excluding hydrogens is 556 g/mol. The van der Waals surface area contributed by atoms with Crippen molar-refractivity contribution < 1.29 is 34.7 Å². The van der Waals surface area contributed by atoms with Crippen molar-refractivity contribution in [2.24, 2.45) is 0 Å². The highest BCUT2D eigenvalue weighted by atomic mass is 16.6. The first-order valence-corrected chi connectivity index (χ1v) is 14.1. The molecule has 43 heavy (non-hydrogen) atoms. The molecule has 0 radical (unpaired) electrons. The predicted octanol–water partition coefficient (Wildman–Crippen LogP) is 0.794. The molecule has 4 heterocycles. The number of aliphatic hydroxyl groups is 4. The summed E-state index contributed by atoms with van der Waals surface area (Å²) in [6, 6.07) is 19.3. The lowest BCUT2D eigenvalue weighted by molar-refractivity contribution is -0.142. The van der Waals surface area contributed by atoms with Crippen LogP contribution in [0.2, 0.25) is 0 Å². The number of rotatable bonds is 9. The molecule has 0 aliphatic carbocycles. The molecule has 5 N–H and O–H groups in total. The first kappa shape index (κ1) is 29.0. The number of nitrogens with one attached hydrogen (secondary N) is 1. The van der Waals surface area contributed by atoms with Gasteiger partial charge < -0.3 is 40.1 Å². The summed E-state index contributed by atoms with van der Waals surface area (Å²) < 4.78 is 12.2. The van der Waals surface area contributed by atoms with E-state index in [1.807, 2.05) is 36.4 Å². The third-order valence-corrected chi connectivity index (χ3v) is 8.09. The molecule has 0 unspecified atom stereocenters. The van der Waals surface area contributed by atoms with Gasteiger partial charge in [0.2, 0.25) is 5.95 Å². The van der Waals surface area contributed by atoms with Crippen molar-refractivity contribution in [1.82, 2.24) is 19.5 Å². The van der Waals surface area contributed by atoms with Gasteiger partial charge in [-0.25, -0.2) is 9.78 Å². The lowest BCUT2D eigenvalue weighted by Crippen LogP contribution is -2.38. The maximum absolute atomic E-state index is 12.6. The summed E-state index contributed by atoms with van der Waals surface area (Å²) in [7, 11) is 1.28. The van der Waals surface area contributed by atoms with E-state index in [2.05, 4.69) is 34.6 Å². The zero-order chi connectivity index (χ0) is 30.1. The van der Waals surface area contributed by atoms with Gasteiger partial charge in [-0.15, -0.1) is 0 Å². The Balaban J connectivity index is 1.42. The lowest BCUT2D eigenvalue weighted by Gasteiger charge is -2.24. The van der Waals surface area contributed by atoms with Crippen LogP contribution in [-0.2, 0) is 14.3 Å². The van der Waals surface area contributed by atoms with Crippen molar-refractivity contribution in [3.63, 3.8) is 0 Å². The average Bonchev–Trinajstić information content (AvgIpc) is 3.72. The number of fused-ring (bicyclic) bond motifs is 1. The number of aliphatic hydroxyl groups excluding tert-OH is 4. The highest BCUT2D eigenvalue weighted by Crippen LogP contribution is 2.35. The van der Waals surface area contributed by atoms with E-state index in [0.29, 0.717) is 17.9 Å². The molecule has 13 nitrogen and oxygen atoms in total. The summed E-state index contributed by atoms with van der Waals surface area (Å²) in [5, 5.41) is 44.7. The van der Waals surface area contributed by atoms with Gasteiger partial charge in [0, 0.05) is 25.4 Å².